The Morgan fingerprint density at radius 2 is 1.76 bits per heavy atom. The molecule has 9 heteroatoms. The third-order valence-electron chi connectivity index (χ3n) is 6.10. The lowest BCUT2D eigenvalue weighted by molar-refractivity contribution is -0.113. The van der Waals surface area contributed by atoms with Crippen molar-refractivity contribution in [2.45, 2.75) is 25.5 Å². The molecule has 0 spiro atoms. The number of rotatable bonds is 10. The number of nitrogens with one attached hydrogen (secondary N) is 2. The molecule has 0 atom stereocenters. The molecule has 196 valence electrons. The lowest BCUT2D eigenvalue weighted by Gasteiger charge is -2.14. The molecular weight excluding hydrogens is 500 g/mol. The topological polar surface area (TPSA) is 102 Å². The molecule has 1 heterocycles. The van der Waals surface area contributed by atoms with Gasteiger partial charge in [0.05, 0.1) is 29.8 Å². The minimum atomic E-state index is -0.191. The summed E-state index contributed by atoms with van der Waals surface area (Å²) in [5.74, 6) is -0.279. The maximum absolute atomic E-state index is 13.4. The molecule has 4 rings (SSSR count). The fourth-order valence-electron chi connectivity index (χ4n) is 3.86. The highest BCUT2D eigenvalue weighted by atomic mass is 32.2. The molecule has 2 N–H and O–H groups in total. The SMILES string of the molecule is COCCNC(=O)c1ccc(Cn2c(SCC(=O)Nc3ccc(C)c(C)c3)nc3ccccc3c2=O)cc1. The van der Waals surface area contributed by atoms with Gasteiger partial charge in [0, 0.05) is 24.9 Å². The summed E-state index contributed by atoms with van der Waals surface area (Å²) in [6.07, 6.45) is 0. The zero-order valence-corrected chi connectivity index (χ0v) is 22.4. The van der Waals surface area contributed by atoms with Gasteiger partial charge in [0.2, 0.25) is 5.91 Å². The number of thioether (sulfide) groups is 1. The second-order valence-electron chi connectivity index (χ2n) is 8.88. The minimum absolute atomic E-state index is 0.0955. The summed E-state index contributed by atoms with van der Waals surface area (Å²) < 4.78 is 6.53. The average Bonchev–Trinajstić information content (AvgIpc) is 2.92. The fraction of sp³-hybridized carbons (Fsp3) is 0.241. The van der Waals surface area contributed by atoms with E-state index in [1.54, 1.807) is 42.0 Å². The van der Waals surface area contributed by atoms with Crippen molar-refractivity contribution in [2.75, 3.05) is 31.3 Å². The first-order chi connectivity index (χ1) is 18.4. The number of nitrogens with zero attached hydrogens (tertiary/aromatic N) is 2. The molecule has 0 fully saturated rings. The third-order valence-corrected chi connectivity index (χ3v) is 7.07. The highest BCUT2D eigenvalue weighted by molar-refractivity contribution is 7.99. The van der Waals surface area contributed by atoms with Gasteiger partial charge in [-0.1, -0.05) is 42.1 Å². The lowest BCUT2D eigenvalue weighted by Crippen LogP contribution is -2.27. The Bertz CT molecular complexity index is 1520. The van der Waals surface area contributed by atoms with Crippen LogP contribution in [0.4, 0.5) is 5.69 Å². The number of ether oxygens (including phenoxy) is 1. The summed E-state index contributed by atoms with van der Waals surface area (Å²) in [7, 11) is 1.58. The molecule has 0 aliphatic heterocycles. The molecule has 0 saturated heterocycles. The Morgan fingerprint density at radius 1 is 1.00 bits per heavy atom. The van der Waals surface area contributed by atoms with E-state index < -0.39 is 0 Å². The van der Waals surface area contributed by atoms with Crippen molar-refractivity contribution in [3.8, 4) is 0 Å². The first kappa shape index (κ1) is 27.1. The molecule has 0 unspecified atom stereocenters. The number of hydrogen-bond acceptors (Lipinski definition) is 6. The summed E-state index contributed by atoms with van der Waals surface area (Å²) in [5.41, 5.74) is 4.72. The Kier molecular flexibility index (Phi) is 8.93. The van der Waals surface area contributed by atoms with Crippen LogP contribution >= 0.6 is 11.8 Å². The summed E-state index contributed by atoms with van der Waals surface area (Å²) in [6.45, 7) is 5.13. The Balaban J connectivity index is 1.53. The van der Waals surface area contributed by atoms with Crippen LogP contribution < -0.4 is 16.2 Å². The van der Waals surface area contributed by atoms with Crippen molar-refractivity contribution in [2.24, 2.45) is 0 Å². The van der Waals surface area contributed by atoms with E-state index in [1.807, 2.05) is 50.2 Å². The number of aromatic nitrogens is 2. The van der Waals surface area contributed by atoms with Gasteiger partial charge in [0.15, 0.2) is 5.16 Å². The van der Waals surface area contributed by atoms with Crippen LogP contribution in [-0.4, -0.2) is 47.4 Å². The average molecular weight is 531 g/mol. The number of carbonyl (C=O) groups is 2. The van der Waals surface area contributed by atoms with Crippen LogP contribution in [-0.2, 0) is 16.1 Å². The molecule has 3 aromatic carbocycles. The molecule has 8 nitrogen and oxygen atoms in total. The normalized spacial score (nSPS) is 10.9. The van der Waals surface area contributed by atoms with Crippen molar-refractivity contribution in [1.82, 2.24) is 14.9 Å². The van der Waals surface area contributed by atoms with Gasteiger partial charge in [0.25, 0.3) is 11.5 Å². The van der Waals surface area contributed by atoms with E-state index in [0.717, 1.165) is 22.4 Å². The van der Waals surface area contributed by atoms with Crippen molar-refractivity contribution in [1.29, 1.82) is 0 Å². The standard InChI is InChI=1S/C29H30N4O4S/c1-19-8-13-23(16-20(19)2)31-26(34)18-38-29-32-25-7-5-4-6-24(25)28(36)33(29)17-21-9-11-22(12-10-21)27(35)30-14-15-37-3/h4-13,16H,14-15,17-18H2,1-3H3,(H,30,35)(H,31,34). The van der Waals surface area contributed by atoms with E-state index in [2.05, 4.69) is 10.6 Å². The number of aryl methyl sites for hydroxylation is 2. The third kappa shape index (κ3) is 6.67. The van der Waals surface area contributed by atoms with Gasteiger partial charge in [-0.25, -0.2) is 4.98 Å². The van der Waals surface area contributed by atoms with E-state index in [9.17, 15) is 14.4 Å². The highest BCUT2D eigenvalue weighted by Gasteiger charge is 2.15. The molecule has 0 radical (unpaired) electrons. The van der Waals surface area contributed by atoms with Crippen LogP contribution in [0.5, 0.6) is 0 Å². The van der Waals surface area contributed by atoms with Gasteiger partial charge in [-0.3, -0.25) is 19.0 Å². The molecule has 1 aromatic heterocycles. The summed E-state index contributed by atoms with van der Waals surface area (Å²) >= 11 is 1.21. The Hall–Kier alpha value is -3.95. The largest absolute Gasteiger partial charge is 0.383 e. The summed E-state index contributed by atoms with van der Waals surface area (Å²) in [4.78, 5) is 43.1. The van der Waals surface area contributed by atoms with Crippen LogP contribution in [0.3, 0.4) is 0 Å². The number of para-hydroxylation sites is 1. The molecule has 0 bridgehead atoms. The van der Waals surface area contributed by atoms with Crippen LogP contribution in [0.2, 0.25) is 0 Å². The number of amides is 2. The van der Waals surface area contributed by atoms with Crippen LogP contribution in [0.15, 0.2) is 76.7 Å². The molecular formula is C29H30N4O4S. The highest BCUT2D eigenvalue weighted by Crippen LogP contribution is 2.20. The van der Waals surface area contributed by atoms with Gasteiger partial charge in [0.1, 0.15) is 0 Å². The first-order valence-corrected chi connectivity index (χ1v) is 13.2. The number of hydrogen-bond donors (Lipinski definition) is 2. The maximum Gasteiger partial charge on any atom is 0.262 e. The number of fused-ring (bicyclic) bond motifs is 1. The number of carbonyl (C=O) groups excluding carboxylic acids is 2. The van der Waals surface area contributed by atoms with Crippen LogP contribution in [0.1, 0.15) is 27.0 Å². The number of anilines is 1. The summed E-state index contributed by atoms with van der Waals surface area (Å²) in [6, 6.07) is 20.0. The van der Waals surface area contributed by atoms with Gasteiger partial charge >= 0.3 is 0 Å². The lowest BCUT2D eigenvalue weighted by atomic mass is 10.1. The van der Waals surface area contributed by atoms with E-state index >= 15 is 0 Å². The second kappa shape index (κ2) is 12.5. The Morgan fingerprint density at radius 3 is 2.50 bits per heavy atom. The summed E-state index contributed by atoms with van der Waals surface area (Å²) in [5, 5.41) is 6.66. The molecule has 4 aromatic rings. The van der Waals surface area contributed by atoms with Crippen LogP contribution in [0, 0.1) is 13.8 Å². The van der Waals surface area contributed by atoms with Crippen LogP contribution in [0.25, 0.3) is 10.9 Å². The minimum Gasteiger partial charge on any atom is -0.383 e. The second-order valence-corrected chi connectivity index (χ2v) is 9.83. The zero-order chi connectivity index (χ0) is 27.1. The predicted molar refractivity (Wildman–Crippen MR) is 151 cm³/mol. The van der Waals surface area contributed by atoms with Gasteiger partial charge < -0.3 is 15.4 Å². The molecule has 0 saturated carbocycles. The monoisotopic (exact) mass is 530 g/mol. The van der Waals surface area contributed by atoms with Crippen molar-refractivity contribution in [3.63, 3.8) is 0 Å². The molecule has 2 amide bonds. The van der Waals surface area contributed by atoms with E-state index in [0.29, 0.717) is 34.8 Å². The maximum atomic E-state index is 13.4. The van der Waals surface area contributed by atoms with Crippen molar-refractivity contribution < 1.29 is 14.3 Å². The zero-order valence-electron chi connectivity index (χ0n) is 21.6. The fourth-order valence-corrected chi connectivity index (χ4v) is 4.65. The number of benzene rings is 3. The first-order valence-electron chi connectivity index (χ1n) is 12.2. The predicted octanol–water partition coefficient (Wildman–Crippen LogP) is 4.17. The van der Waals surface area contributed by atoms with Crippen molar-refractivity contribution in [3.05, 3.63) is 99.3 Å². The molecule has 0 aliphatic carbocycles. The smallest absolute Gasteiger partial charge is 0.262 e. The van der Waals surface area contributed by atoms with E-state index in [-0.39, 0.29) is 29.7 Å². The molecule has 0 aliphatic rings. The van der Waals surface area contributed by atoms with E-state index in [1.165, 1.54) is 11.8 Å². The Labute approximate surface area is 225 Å². The van der Waals surface area contributed by atoms with Crippen molar-refractivity contribution >= 4 is 40.2 Å². The molecule has 38 heavy (non-hydrogen) atoms. The van der Waals surface area contributed by atoms with Gasteiger partial charge in [-0.05, 0) is 66.9 Å². The van der Waals surface area contributed by atoms with Gasteiger partial charge in [-0.2, -0.15) is 0 Å². The number of methoxy groups -OCH3 is 1. The van der Waals surface area contributed by atoms with Gasteiger partial charge in [-0.15, -0.1) is 0 Å². The quantitative estimate of drug-likeness (QED) is 0.181. The van der Waals surface area contributed by atoms with E-state index in [4.69, 9.17) is 9.72 Å².